The molecular formula is C22H15ClN4O5S. The molecule has 2 heterocycles. The van der Waals surface area contributed by atoms with Crippen molar-refractivity contribution in [2.75, 3.05) is 0 Å². The molecule has 0 saturated heterocycles. The highest BCUT2D eigenvalue weighted by molar-refractivity contribution is 7.90. The van der Waals surface area contributed by atoms with Crippen LogP contribution >= 0.6 is 11.6 Å². The quantitative estimate of drug-likeness (QED) is 0.234. The Morgan fingerprint density at radius 3 is 2.36 bits per heavy atom. The molecule has 2 aromatic heterocycles. The van der Waals surface area contributed by atoms with E-state index >= 15 is 0 Å². The van der Waals surface area contributed by atoms with Crippen LogP contribution in [0.4, 0.5) is 0 Å². The van der Waals surface area contributed by atoms with Gasteiger partial charge in [-0.2, -0.15) is 5.10 Å². The minimum Gasteiger partial charge on any atom is -0.504 e. The Balaban J connectivity index is 1.84. The minimum atomic E-state index is -4.28. The molecule has 0 atom stereocenters. The maximum absolute atomic E-state index is 13.3. The van der Waals surface area contributed by atoms with E-state index < -0.39 is 27.3 Å². The van der Waals surface area contributed by atoms with Gasteiger partial charge in [0.2, 0.25) is 11.6 Å². The molecule has 2 aromatic carbocycles. The molecule has 0 bridgehead atoms. The maximum atomic E-state index is 13.3. The molecule has 166 valence electrons. The molecule has 0 radical (unpaired) electrons. The lowest BCUT2D eigenvalue weighted by Gasteiger charge is -2.09. The fraction of sp³-hybridized carbons (Fsp3) is 0. The first-order valence-corrected chi connectivity index (χ1v) is 11.2. The summed E-state index contributed by atoms with van der Waals surface area (Å²) in [5.41, 5.74) is -0.0594. The second-order valence-electron chi connectivity index (χ2n) is 6.78. The molecular weight excluding hydrogens is 468 g/mol. The number of nitrogens with zero attached hydrogens (tertiary/aromatic N) is 3. The number of hydrogen-bond donors (Lipinski definition) is 2. The second kappa shape index (κ2) is 8.85. The Hall–Kier alpha value is -4.02. The van der Waals surface area contributed by atoms with Crippen molar-refractivity contribution < 1.29 is 23.1 Å². The van der Waals surface area contributed by atoms with Gasteiger partial charge in [-0.1, -0.05) is 41.9 Å². The molecule has 0 unspecified atom stereocenters. The van der Waals surface area contributed by atoms with E-state index in [1.54, 1.807) is 30.3 Å². The summed E-state index contributed by atoms with van der Waals surface area (Å²) in [5.74, 6) is -2.07. The molecule has 0 aliphatic rings. The van der Waals surface area contributed by atoms with Crippen LogP contribution in [-0.2, 0) is 10.0 Å². The Morgan fingerprint density at radius 1 is 1.03 bits per heavy atom. The van der Waals surface area contributed by atoms with Crippen molar-refractivity contribution in [2.45, 2.75) is 4.90 Å². The van der Waals surface area contributed by atoms with Gasteiger partial charge >= 0.3 is 0 Å². The number of H-pyrrole nitrogens is 1. The number of carbonyl (C=O) groups is 2. The number of hydrogen-bond acceptors (Lipinski definition) is 7. The molecule has 0 fully saturated rings. The van der Waals surface area contributed by atoms with E-state index in [9.17, 15) is 23.1 Å². The number of aromatic amines is 1. The lowest BCUT2D eigenvalue weighted by Crippen LogP contribution is -2.17. The zero-order chi connectivity index (χ0) is 23.6. The predicted octanol–water partition coefficient (Wildman–Crippen LogP) is 3.51. The van der Waals surface area contributed by atoms with Gasteiger partial charge in [0, 0.05) is 28.4 Å². The molecule has 0 saturated carbocycles. The van der Waals surface area contributed by atoms with Crippen LogP contribution in [0, 0.1) is 0 Å². The third kappa shape index (κ3) is 4.47. The van der Waals surface area contributed by atoms with Gasteiger partial charge in [0.25, 0.3) is 10.0 Å². The van der Waals surface area contributed by atoms with Crippen molar-refractivity contribution in [3.8, 4) is 0 Å². The van der Waals surface area contributed by atoms with E-state index in [1.165, 1.54) is 30.6 Å². The fourth-order valence-electron chi connectivity index (χ4n) is 3.02. The van der Waals surface area contributed by atoms with Crippen molar-refractivity contribution >= 4 is 38.9 Å². The highest BCUT2D eigenvalue weighted by Gasteiger charge is 2.26. The number of allylic oxidation sites excluding steroid dienone is 1. The highest BCUT2D eigenvalue weighted by atomic mass is 35.5. The van der Waals surface area contributed by atoms with Crippen LogP contribution in [0.5, 0.6) is 0 Å². The number of carbonyl (C=O) groups excluding carboxylic acids is 2. The van der Waals surface area contributed by atoms with Crippen molar-refractivity contribution in [2.24, 2.45) is 0 Å². The fourth-order valence-corrected chi connectivity index (χ4v) is 4.51. The minimum absolute atomic E-state index is 0.0205. The highest BCUT2D eigenvalue weighted by Crippen LogP contribution is 2.23. The van der Waals surface area contributed by atoms with Crippen LogP contribution in [0.3, 0.4) is 0 Å². The van der Waals surface area contributed by atoms with E-state index in [0.29, 0.717) is 14.6 Å². The Morgan fingerprint density at radius 2 is 1.73 bits per heavy atom. The van der Waals surface area contributed by atoms with Crippen molar-refractivity contribution in [1.29, 1.82) is 0 Å². The van der Waals surface area contributed by atoms with E-state index in [0.717, 1.165) is 18.3 Å². The number of aromatic nitrogens is 4. The van der Waals surface area contributed by atoms with Gasteiger partial charge in [-0.05, 0) is 30.3 Å². The Kier molecular flexibility index (Phi) is 5.95. The van der Waals surface area contributed by atoms with Crippen LogP contribution in [0.1, 0.15) is 32.2 Å². The maximum Gasteiger partial charge on any atom is 0.268 e. The Bertz CT molecular complexity index is 1460. The van der Waals surface area contributed by atoms with Gasteiger partial charge in [0.1, 0.15) is 12.0 Å². The molecule has 0 spiro atoms. The van der Waals surface area contributed by atoms with Crippen LogP contribution in [0.25, 0.3) is 5.76 Å². The van der Waals surface area contributed by atoms with Gasteiger partial charge < -0.3 is 5.11 Å². The monoisotopic (exact) mass is 482 g/mol. The molecule has 0 amide bonds. The standard InChI is InChI=1S/C22H15ClN4O5S/c23-16-6-8-17(9-7-16)33(31,32)27-12-15(21(30)14-4-2-1-3-5-14)10-18(27)19(28)11-20(29)22-24-13-25-26-22/h1-13,29H,(H,24,25,26). The molecule has 33 heavy (non-hydrogen) atoms. The summed E-state index contributed by atoms with van der Waals surface area (Å²) in [6, 6.07) is 14.7. The van der Waals surface area contributed by atoms with Crippen LogP contribution in [-0.4, -0.2) is 44.2 Å². The lowest BCUT2D eigenvalue weighted by atomic mass is 10.1. The van der Waals surface area contributed by atoms with Gasteiger partial charge in [0.15, 0.2) is 11.5 Å². The first-order valence-electron chi connectivity index (χ1n) is 9.42. The summed E-state index contributed by atoms with van der Waals surface area (Å²) in [7, 11) is -4.28. The molecule has 0 aliphatic carbocycles. The number of aliphatic hydroxyl groups excluding tert-OH is 1. The summed E-state index contributed by atoms with van der Waals surface area (Å²) in [5, 5.41) is 16.5. The average Bonchev–Trinajstić information content (AvgIpc) is 3.50. The van der Waals surface area contributed by atoms with E-state index in [-0.39, 0.29) is 22.0 Å². The van der Waals surface area contributed by atoms with Crippen molar-refractivity contribution in [3.05, 3.63) is 107 Å². The summed E-state index contributed by atoms with van der Waals surface area (Å²) >= 11 is 5.86. The smallest absolute Gasteiger partial charge is 0.268 e. The van der Waals surface area contributed by atoms with Gasteiger partial charge in [-0.25, -0.2) is 17.4 Å². The molecule has 2 N–H and O–H groups in total. The number of rotatable bonds is 7. The molecule has 4 aromatic rings. The number of nitrogens with one attached hydrogen (secondary N) is 1. The van der Waals surface area contributed by atoms with E-state index in [1.807, 2.05) is 0 Å². The average molecular weight is 483 g/mol. The third-order valence-corrected chi connectivity index (χ3v) is 6.56. The lowest BCUT2D eigenvalue weighted by molar-refractivity contribution is 0.103. The largest absolute Gasteiger partial charge is 0.504 e. The summed E-state index contributed by atoms with van der Waals surface area (Å²) < 4.78 is 27.3. The summed E-state index contributed by atoms with van der Waals surface area (Å²) in [6.07, 6.45) is 3.06. The van der Waals surface area contributed by atoms with E-state index in [4.69, 9.17) is 11.6 Å². The van der Waals surface area contributed by atoms with E-state index in [2.05, 4.69) is 15.2 Å². The zero-order valence-corrected chi connectivity index (χ0v) is 18.3. The molecule has 0 aliphatic heterocycles. The first kappa shape index (κ1) is 22.2. The second-order valence-corrected chi connectivity index (χ2v) is 9.03. The van der Waals surface area contributed by atoms with Crippen molar-refractivity contribution in [3.63, 3.8) is 0 Å². The number of ketones is 2. The summed E-state index contributed by atoms with van der Waals surface area (Å²) in [6.45, 7) is 0. The first-order chi connectivity index (χ1) is 15.8. The van der Waals surface area contributed by atoms with Gasteiger partial charge in [0.05, 0.1) is 4.90 Å². The SMILES string of the molecule is O=C(c1ccccc1)c1cc(C(=O)C=C(O)c2nc[nH]n2)n(S(=O)(=O)c2ccc(Cl)cc2)c1. The summed E-state index contributed by atoms with van der Waals surface area (Å²) in [4.78, 5) is 29.5. The van der Waals surface area contributed by atoms with Crippen LogP contribution in [0.15, 0.2) is 84.2 Å². The third-order valence-electron chi connectivity index (χ3n) is 4.62. The zero-order valence-electron chi connectivity index (χ0n) is 16.7. The number of halogens is 1. The van der Waals surface area contributed by atoms with Crippen molar-refractivity contribution in [1.82, 2.24) is 19.2 Å². The molecule has 11 heteroatoms. The van der Waals surface area contributed by atoms with Crippen LogP contribution < -0.4 is 0 Å². The van der Waals surface area contributed by atoms with Gasteiger partial charge in [-0.3, -0.25) is 14.7 Å². The molecule has 4 rings (SSSR count). The number of benzene rings is 2. The number of aliphatic hydroxyl groups is 1. The van der Waals surface area contributed by atoms with Gasteiger partial charge in [-0.15, -0.1) is 0 Å². The Labute approximate surface area is 193 Å². The predicted molar refractivity (Wildman–Crippen MR) is 120 cm³/mol. The van der Waals surface area contributed by atoms with Crippen LogP contribution in [0.2, 0.25) is 5.02 Å². The molecule has 9 nitrogen and oxygen atoms in total. The normalized spacial score (nSPS) is 12.0. The topological polar surface area (TPSA) is 135 Å².